The third kappa shape index (κ3) is 4.11. The minimum absolute atomic E-state index is 0.272. The van der Waals surface area contributed by atoms with E-state index < -0.39 is 0 Å². The molecular formula is C25H31N7O. The summed E-state index contributed by atoms with van der Waals surface area (Å²) in [7, 11) is 0. The third-order valence-corrected chi connectivity index (χ3v) is 6.82. The summed E-state index contributed by atoms with van der Waals surface area (Å²) in [6.45, 7) is 12.0. The second kappa shape index (κ2) is 8.94. The molecule has 1 aromatic rings. The lowest BCUT2D eigenvalue weighted by Gasteiger charge is -2.29. The van der Waals surface area contributed by atoms with Gasteiger partial charge in [-0.05, 0) is 44.4 Å². The first-order valence-corrected chi connectivity index (χ1v) is 11.8. The number of pyridine rings is 2. The molecule has 8 nitrogen and oxygen atoms in total. The molecule has 3 aliphatic heterocycles. The molecule has 1 aliphatic carbocycles. The van der Waals surface area contributed by atoms with Crippen LogP contribution >= 0.6 is 0 Å². The Bertz CT molecular complexity index is 1300. The largest absolute Gasteiger partial charge is 0.512 e. The molecule has 2 N–H and O–H groups in total. The number of anilines is 1. The standard InChI is InChI=1S/C25H31N7O/c1-16-21-15-28-25(29-22-9-8-20(14-27-22)31-12-10-26-11-13-31)30-24(21)32(19-6-4-5-7-19)17(2)23(16)18(3)33/h8-9,14-15,19,26,33H,2,4-7,10-13H2,1,3H3/b23-18+,29-25?. The van der Waals surface area contributed by atoms with Crippen molar-refractivity contribution in [3.63, 3.8) is 0 Å². The van der Waals surface area contributed by atoms with Gasteiger partial charge in [0, 0.05) is 54.5 Å². The summed E-state index contributed by atoms with van der Waals surface area (Å²) in [5, 5.41) is 15.3. The van der Waals surface area contributed by atoms with Gasteiger partial charge in [0.1, 0.15) is 5.82 Å². The molecular weight excluding hydrogens is 414 g/mol. The number of aliphatic hydroxyl groups excluding tert-OH is 1. The highest BCUT2D eigenvalue weighted by molar-refractivity contribution is 5.62. The van der Waals surface area contributed by atoms with Crippen LogP contribution in [0.25, 0.3) is 23.7 Å². The second-order valence-electron chi connectivity index (χ2n) is 8.97. The Balaban J connectivity index is 1.60. The molecule has 1 saturated carbocycles. The molecule has 5 rings (SSSR count). The van der Waals surface area contributed by atoms with Gasteiger partial charge in [-0.1, -0.05) is 19.4 Å². The van der Waals surface area contributed by atoms with Crippen LogP contribution in [-0.2, 0) is 0 Å². The van der Waals surface area contributed by atoms with Gasteiger partial charge in [0.2, 0.25) is 0 Å². The third-order valence-electron chi connectivity index (χ3n) is 6.82. The first-order valence-electron chi connectivity index (χ1n) is 11.8. The van der Waals surface area contributed by atoms with Gasteiger partial charge in [-0.2, -0.15) is 9.98 Å². The van der Waals surface area contributed by atoms with Crippen molar-refractivity contribution in [2.75, 3.05) is 31.1 Å². The lowest BCUT2D eigenvalue weighted by atomic mass is 10.0. The van der Waals surface area contributed by atoms with E-state index >= 15 is 0 Å². The van der Waals surface area contributed by atoms with Crippen LogP contribution in [0.3, 0.4) is 0 Å². The highest BCUT2D eigenvalue weighted by Crippen LogP contribution is 2.31. The molecule has 0 spiro atoms. The molecule has 0 aromatic carbocycles. The van der Waals surface area contributed by atoms with Crippen LogP contribution in [0.4, 0.5) is 11.5 Å². The van der Waals surface area contributed by atoms with E-state index in [2.05, 4.69) is 42.4 Å². The maximum atomic E-state index is 10.4. The van der Waals surface area contributed by atoms with Crippen LogP contribution < -0.4 is 26.4 Å². The van der Waals surface area contributed by atoms with E-state index in [4.69, 9.17) is 4.98 Å². The molecule has 0 unspecified atom stereocenters. The summed E-state index contributed by atoms with van der Waals surface area (Å²) in [6, 6.07) is 4.29. The molecule has 0 bridgehead atoms. The van der Waals surface area contributed by atoms with E-state index in [1.54, 1.807) is 6.92 Å². The fourth-order valence-corrected chi connectivity index (χ4v) is 5.16. The van der Waals surface area contributed by atoms with Gasteiger partial charge in [0.25, 0.3) is 5.62 Å². The number of piperazine rings is 1. The van der Waals surface area contributed by atoms with Crippen molar-refractivity contribution in [3.05, 3.63) is 46.3 Å². The highest BCUT2D eigenvalue weighted by Gasteiger charge is 2.24. The van der Waals surface area contributed by atoms with E-state index in [0.29, 0.717) is 17.5 Å². The van der Waals surface area contributed by atoms with E-state index in [0.717, 1.165) is 72.2 Å². The molecule has 1 aromatic heterocycles. The zero-order valence-electron chi connectivity index (χ0n) is 19.4. The van der Waals surface area contributed by atoms with Gasteiger partial charge in [-0.3, -0.25) is 0 Å². The van der Waals surface area contributed by atoms with Crippen LogP contribution in [0.2, 0.25) is 0 Å². The van der Waals surface area contributed by atoms with E-state index in [-0.39, 0.29) is 5.76 Å². The summed E-state index contributed by atoms with van der Waals surface area (Å²) in [6.07, 6.45) is 8.23. The molecule has 1 saturated heterocycles. The average Bonchev–Trinajstić information content (AvgIpc) is 3.34. The molecule has 0 amide bonds. The second-order valence-corrected chi connectivity index (χ2v) is 8.97. The lowest BCUT2D eigenvalue weighted by molar-refractivity contribution is 0.484. The van der Waals surface area contributed by atoms with Crippen molar-refractivity contribution in [2.24, 2.45) is 4.99 Å². The average molecular weight is 446 g/mol. The minimum Gasteiger partial charge on any atom is -0.512 e. The van der Waals surface area contributed by atoms with Gasteiger partial charge in [0.15, 0.2) is 5.82 Å². The van der Waals surface area contributed by atoms with Crippen molar-refractivity contribution in [2.45, 2.75) is 45.6 Å². The van der Waals surface area contributed by atoms with Gasteiger partial charge in [-0.15, -0.1) is 0 Å². The topological polar surface area (TPSA) is 91.5 Å². The molecule has 8 heteroatoms. The number of hydrogen-bond donors (Lipinski definition) is 2. The van der Waals surface area contributed by atoms with Crippen LogP contribution in [0, 0.1) is 6.92 Å². The van der Waals surface area contributed by atoms with Gasteiger partial charge in [0.05, 0.1) is 17.6 Å². The maximum absolute atomic E-state index is 10.4. The van der Waals surface area contributed by atoms with Crippen molar-refractivity contribution in [1.29, 1.82) is 0 Å². The van der Waals surface area contributed by atoms with Gasteiger partial charge in [-0.25, -0.2) is 9.97 Å². The smallest absolute Gasteiger partial charge is 0.253 e. The van der Waals surface area contributed by atoms with E-state index in [9.17, 15) is 5.11 Å². The fourth-order valence-electron chi connectivity index (χ4n) is 5.16. The van der Waals surface area contributed by atoms with Crippen LogP contribution in [0.5, 0.6) is 0 Å². The molecule has 2 fully saturated rings. The highest BCUT2D eigenvalue weighted by atomic mass is 16.3. The fraction of sp³-hybridized carbons (Fsp3) is 0.440. The van der Waals surface area contributed by atoms with Gasteiger partial charge < -0.3 is 19.9 Å². The summed E-state index contributed by atoms with van der Waals surface area (Å²) < 4.78 is 2.19. The zero-order chi connectivity index (χ0) is 22.9. The van der Waals surface area contributed by atoms with E-state index in [1.807, 2.05) is 25.4 Å². The van der Waals surface area contributed by atoms with Gasteiger partial charge >= 0.3 is 0 Å². The monoisotopic (exact) mass is 445 g/mol. The van der Waals surface area contributed by atoms with Crippen LogP contribution in [0.1, 0.15) is 44.2 Å². The molecule has 0 radical (unpaired) electrons. The number of fused-ring (bicyclic) bond motifs is 1. The lowest BCUT2D eigenvalue weighted by Crippen LogP contribution is -2.43. The van der Waals surface area contributed by atoms with Crippen LogP contribution in [-0.4, -0.2) is 50.8 Å². The Morgan fingerprint density at radius 3 is 2.58 bits per heavy atom. The Hall–Kier alpha value is -3.26. The number of nitrogens with zero attached hydrogens (tertiary/aromatic N) is 6. The Labute approximate surface area is 193 Å². The van der Waals surface area contributed by atoms with Crippen molar-refractivity contribution in [1.82, 2.24) is 24.8 Å². The first-order chi connectivity index (χ1) is 16.0. The summed E-state index contributed by atoms with van der Waals surface area (Å²) >= 11 is 0. The number of rotatable bonds is 3. The summed E-state index contributed by atoms with van der Waals surface area (Å²) in [5.74, 6) is 1.68. The minimum atomic E-state index is 0.272. The molecule has 172 valence electrons. The number of hydrogen-bond acceptors (Lipinski definition) is 7. The van der Waals surface area contributed by atoms with Crippen molar-refractivity contribution in [3.8, 4) is 11.4 Å². The Morgan fingerprint density at radius 1 is 1.15 bits per heavy atom. The quantitative estimate of drug-likeness (QED) is 0.640. The van der Waals surface area contributed by atoms with Crippen molar-refractivity contribution < 1.29 is 5.11 Å². The van der Waals surface area contributed by atoms with Crippen LogP contribution in [0.15, 0.2) is 29.5 Å². The number of nitrogens with one attached hydrogen (secondary N) is 1. The normalized spacial score (nSPS) is 18.8. The maximum Gasteiger partial charge on any atom is 0.253 e. The molecule has 0 atom stereocenters. The first kappa shape index (κ1) is 21.6. The Morgan fingerprint density at radius 2 is 1.91 bits per heavy atom. The predicted molar refractivity (Wildman–Crippen MR) is 130 cm³/mol. The summed E-state index contributed by atoms with van der Waals surface area (Å²) in [4.78, 5) is 20.8. The number of aliphatic hydroxyl groups is 1. The summed E-state index contributed by atoms with van der Waals surface area (Å²) in [5.41, 5.74) is 3.34. The SMILES string of the molecule is C=c1/c(=C(\C)O)c(C)c2cnc(=Nc3ccc(N4CCNCC4)cn3)nc-2n1C1CCCC1. The molecule has 4 aliphatic rings. The number of aromatic nitrogens is 4. The zero-order valence-corrected chi connectivity index (χ0v) is 19.4. The molecule has 4 heterocycles. The Kier molecular flexibility index (Phi) is 5.85. The predicted octanol–water partition coefficient (Wildman–Crippen LogP) is 1.94. The van der Waals surface area contributed by atoms with Crippen molar-refractivity contribution >= 4 is 23.8 Å². The van der Waals surface area contributed by atoms with E-state index in [1.165, 1.54) is 12.8 Å². The molecule has 33 heavy (non-hydrogen) atoms.